The third-order valence-corrected chi connectivity index (χ3v) is 3.74. The first-order chi connectivity index (χ1) is 8.84. The van der Waals surface area contributed by atoms with Crippen molar-refractivity contribution in [2.24, 2.45) is 0 Å². The van der Waals surface area contributed by atoms with E-state index >= 15 is 0 Å². The van der Waals surface area contributed by atoms with Crippen molar-refractivity contribution in [3.05, 3.63) is 42.2 Å². The lowest BCUT2D eigenvalue weighted by Crippen LogP contribution is -2.29. The Kier molecular flexibility index (Phi) is 3.15. The molecule has 18 heavy (non-hydrogen) atoms. The molecule has 1 aromatic heterocycles. The van der Waals surface area contributed by atoms with Crippen LogP contribution in [0.15, 0.2) is 36.7 Å². The molecule has 94 valence electrons. The van der Waals surface area contributed by atoms with Crippen LogP contribution in [0.5, 0.6) is 0 Å². The highest BCUT2D eigenvalue weighted by Gasteiger charge is 2.16. The normalized spacial score (nSPS) is 16.9. The summed E-state index contributed by atoms with van der Waals surface area (Å²) in [5.41, 5.74) is 3.83. The molecule has 0 saturated carbocycles. The van der Waals surface area contributed by atoms with Crippen LogP contribution in [0.25, 0.3) is 11.1 Å². The highest BCUT2D eigenvalue weighted by atomic mass is 15.3. The molecule has 0 bridgehead atoms. The maximum atomic E-state index is 4.55. The van der Waals surface area contributed by atoms with Crippen LogP contribution >= 0.6 is 0 Å². The van der Waals surface area contributed by atoms with Crippen LogP contribution in [0.3, 0.4) is 0 Å². The minimum absolute atomic E-state index is 0.559. The molecule has 1 fully saturated rings. The Balaban J connectivity index is 1.87. The Bertz CT molecular complexity index is 524. The molecule has 1 aliphatic rings. The number of aryl methyl sites for hydroxylation is 1. The monoisotopic (exact) mass is 241 g/mol. The Morgan fingerprint density at radius 1 is 1.22 bits per heavy atom. The van der Waals surface area contributed by atoms with Crippen LogP contribution in [0.4, 0.5) is 0 Å². The van der Waals surface area contributed by atoms with E-state index in [1.54, 1.807) is 0 Å². The average Bonchev–Trinajstić information content (AvgIpc) is 2.90. The van der Waals surface area contributed by atoms with Crippen molar-refractivity contribution in [3.8, 4) is 11.1 Å². The molecule has 0 radical (unpaired) electrons. The van der Waals surface area contributed by atoms with Gasteiger partial charge in [0.2, 0.25) is 0 Å². The van der Waals surface area contributed by atoms with Gasteiger partial charge in [-0.25, -0.2) is 0 Å². The summed E-state index contributed by atoms with van der Waals surface area (Å²) in [5, 5.41) is 7.94. The van der Waals surface area contributed by atoms with E-state index in [2.05, 4.69) is 52.5 Å². The van der Waals surface area contributed by atoms with Gasteiger partial charge in [-0.2, -0.15) is 5.10 Å². The highest BCUT2D eigenvalue weighted by molar-refractivity contribution is 5.65. The Morgan fingerprint density at radius 2 is 2.00 bits per heavy atom. The van der Waals surface area contributed by atoms with Crippen molar-refractivity contribution in [3.63, 3.8) is 0 Å². The van der Waals surface area contributed by atoms with Gasteiger partial charge in [0.1, 0.15) is 0 Å². The van der Waals surface area contributed by atoms with Gasteiger partial charge in [0.25, 0.3) is 0 Å². The predicted octanol–water partition coefficient (Wildman–Crippen LogP) is 2.78. The van der Waals surface area contributed by atoms with E-state index in [4.69, 9.17) is 0 Å². The molecule has 3 rings (SSSR count). The number of hydrogen-bond donors (Lipinski definition) is 1. The third-order valence-electron chi connectivity index (χ3n) is 3.74. The summed E-state index contributed by atoms with van der Waals surface area (Å²) >= 11 is 0. The minimum atomic E-state index is 0.559. The summed E-state index contributed by atoms with van der Waals surface area (Å²) in [6.07, 6.45) is 6.53. The fourth-order valence-electron chi connectivity index (χ4n) is 2.64. The van der Waals surface area contributed by atoms with Crippen molar-refractivity contribution < 1.29 is 0 Å². The van der Waals surface area contributed by atoms with E-state index in [-0.39, 0.29) is 0 Å². The first kappa shape index (κ1) is 11.5. The Hall–Kier alpha value is -1.61. The number of hydrogen-bond acceptors (Lipinski definition) is 2. The largest absolute Gasteiger partial charge is 0.317 e. The number of aromatic nitrogens is 2. The average molecular weight is 241 g/mol. The van der Waals surface area contributed by atoms with Crippen LogP contribution in [-0.4, -0.2) is 22.9 Å². The summed E-state index contributed by atoms with van der Waals surface area (Å²) in [7, 11) is 0. The van der Waals surface area contributed by atoms with Gasteiger partial charge in [0.15, 0.2) is 0 Å². The number of nitrogens with one attached hydrogen (secondary N) is 1. The fraction of sp³-hybridized carbons (Fsp3) is 0.400. The second-order valence-corrected chi connectivity index (χ2v) is 5.01. The van der Waals surface area contributed by atoms with Crippen LogP contribution in [-0.2, 0) is 0 Å². The van der Waals surface area contributed by atoms with Gasteiger partial charge in [-0.3, -0.25) is 4.68 Å². The first-order valence-electron chi connectivity index (χ1n) is 6.65. The van der Waals surface area contributed by atoms with E-state index in [0.717, 1.165) is 13.1 Å². The van der Waals surface area contributed by atoms with Gasteiger partial charge < -0.3 is 5.32 Å². The predicted molar refractivity (Wildman–Crippen MR) is 73.5 cm³/mol. The van der Waals surface area contributed by atoms with E-state index in [1.165, 1.54) is 29.5 Å². The van der Waals surface area contributed by atoms with Crippen molar-refractivity contribution in [2.75, 3.05) is 13.1 Å². The molecule has 3 nitrogen and oxygen atoms in total. The molecule has 0 unspecified atom stereocenters. The second-order valence-electron chi connectivity index (χ2n) is 5.01. The van der Waals surface area contributed by atoms with Gasteiger partial charge in [-0.1, -0.05) is 24.3 Å². The maximum Gasteiger partial charge on any atom is 0.0568 e. The molecular formula is C15H19N3. The maximum absolute atomic E-state index is 4.55. The molecular weight excluding hydrogens is 222 g/mol. The second kappa shape index (κ2) is 4.94. The SMILES string of the molecule is Cc1ccccc1-c1cnn(C2CCNCC2)c1. The molecule has 1 N–H and O–H groups in total. The topological polar surface area (TPSA) is 29.9 Å². The molecule has 3 heteroatoms. The van der Waals surface area contributed by atoms with Gasteiger partial charge in [0.05, 0.1) is 12.2 Å². The highest BCUT2D eigenvalue weighted by Crippen LogP contribution is 2.25. The molecule has 1 aromatic carbocycles. The zero-order chi connectivity index (χ0) is 12.4. The van der Waals surface area contributed by atoms with Gasteiger partial charge in [-0.15, -0.1) is 0 Å². The molecule has 2 aromatic rings. The molecule has 1 saturated heterocycles. The number of nitrogens with zero attached hydrogens (tertiary/aromatic N) is 2. The van der Waals surface area contributed by atoms with Crippen molar-refractivity contribution >= 4 is 0 Å². The van der Waals surface area contributed by atoms with Gasteiger partial charge in [-0.05, 0) is 44.0 Å². The molecule has 1 aliphatic heterocycles. The molecule has 0 aliphatic carbocycles. The fourth-order valence-corrected chi connectivity index (χ4v) is 2.64. The lowest BCUT2D eigenvalue weighted by molar-refractivity contribution is 0.343. The van der Waals surface area contributed by atoms with Crippen molar-refractivity contribution in [1.29, 1.82) is 0 Å². The van der Waals surface area contributed by atoms with Gasteiger partial charge in [0, 0.05) is 11.8 Å². The van der Waals surface area contributed by atoms with Gasteiger partial charge >= 0.3 is 0 Å². The summed E-state index contributed by atoms with van der Waals surface area (Å²) < 4.78 is 2.14. The quantitative estimate of drug-likeness (QED) is 0.876. The third kappa shape index (κ3) is 2.18. The van der Waals surface area contributed by atoms with Crippen LogP contribution in [0.1, 0.15) is 24.4 Å². The lowest BCUT2D eigenvalue weighted by atomic mass is 10.0. The smallest absolute Gasteiger partial charge is 0.0568 e. The van der Waals surface area contributed by atoms with E-state index in [1.807, 2.05) is 6.20 Å². The first-order valence-corrected chi connectivity index (χ1v) is 6.65. The van der Waals surface area contributed by atoms with E-state index < -0.39 is 0 Å². The zero-order valence-corrected chi connectivity index (χ0v) is 10.8. The number of rotatable bonds is 2. The number of benzene rings is 1. The molecule has 0 atom stereocenters. The summed E-state index contributed by atoms with van der Waals surface area (Å²) in [4.78, 5) is 0. The van der Waals surface area contributed by atoms with Crippen molar-refractivity contribution in [2.45, 2.75) is 25.8 Å². The minimum Gasteiger partial charge on any atom is -0.317 e. The molecule has 2 heterocycles. The molecule has 0 amide bonds. The lowest BCUT2D eigenvalue weighted by Gasteiger charge is -2.22. The van der Waals surface area contributed by atoms with Crippen LogP contribution in [0.2, 0.25) is 0 Å². The summed E-state index contributed by atoms with van der Waals surface area (Å²) in [5.74, 6) is 0. The summed E-state index contributed by atoms with van der Waals surface area (Å²) in [6.45, 7) is 4.35. The van der Waals surface area contributed by atoms with E-state index in [0.29, 0.717) is 6.04 Å². The standard InChI is InChI=1S/C15H19N3/c1-12-4-2-3-5-15(12)13-10-17-18(11-13)14-6-8-16-9-7-14/h2-5,10-11,14,16H,6-9H2,1H3. The number of piperidine rings is 1. The Morgan fingerprint density at radius 3 is 2.78 bits per heavy atom. The Labute approximate surface area is 108 Å². The zero-order valence-electron chi connectivity index (χ0n) is 10.8. The van der Waals surface area contributed by atoms with Crippen LogP contribution < -0.4 is 5.32 Å². The van der Waals surface area contributed by atoms with Crippen molar-refractivity contribution in [1.82, 2.24) is 15.1 Å². The van der Waals surface area contributed by atoms with Crippen LogP contribution in [0, 0.1) is 6.92 Å². The summed E-state index contributed by atoms with van der Waals surface area (Å²) in [6, 6.07) is 9.04. The van der Waals surface area contributed by atoms with E-state index in [9.17, 15) is 0 Å². The molecule has 0 spiro atoms.